The Bertz CT molecular complexity index is 1730. The highest BCUT2D eigenvalue weighted by molar-refractivity contribution is 6.06. The van der Waals surface area contributed by atoms with Crippen molar-refractivity contribution in [3.05, 3.63) is 93.1 Å². The second-order valence-electron chi connectivity index (χ2n) is 8.34. The lowest BCUT2D eigenvalue weighted by molar-refractivity contribution is 0.0648. The maximum Gasteiger partial charge on any atom is 0.371 e. The van der Waals surface area contributed by atoms with Crippen LogP contribution in [-0.2, 0) is 13.2 Å². The average Bonchev–Trinajstić information content (AvgIpc) is 3.53. The largest absolute Gasteiger partial charge is 0.485 e. The van der Waals surface area contributed by atoms with Crippen LogP contribution in [0.5, 0.6) is 11.5 Å². The van der Waals surface area contributed by atoms with Gasteiger partial charge in [-0.3, -0.25) is 0 Å². The predicted molar refractivity (Wildman–Crippen MR) is 129 cm³/mol. The molecule has 3 aromatic heterocycles. The van der Waals surface area contributed by atoms with Gasteiger partial charge >= 0.3 is 17.6 Å². The zero-order chi connectivity index (χ0) is 26.3. The molecule has 5 aromatic rings. The van der Waals surface area contributed by atoms with Gasteiger partial charge in [0.15, 0.2) is 0 Å². The van der Waals surface area contributed by atoms with E-state index >= 15 is 0 Å². The number of benzene rings is 2. The van der Waals surface area contributed by atoms with Crippen LogP contribution in [0, 0.1) is 13.8 Å². The third-order valence-corrected chi connectivity index (χ3v) is 5.86. The summed E-state index contributed by atoms with van der Waals surface area (Å²) in [7, 11) is 0. The molecule has 3 heterocycles. The van der Waals surface area contributed by atoms with Crippen LogP contribution in [-0.4, -0.2) is 22.2 Å². The maximum absolute atomic E-state index is 12.9. The number of fused-ring (bicyclic) bond motifs is 3. The summed E-state index contributed by atoms with van der Waals surface area (Å²) >= 11 is 0. The number of carboxylic acid groups (broad SMARTS) is 2. The molecule has 0 aliphatic carbocycles. The van der Waals surface area contributed by atoms with Crippen molar-refractivity contribution in [2.75, 3.05) is 0 Å². The fourth-order valence-electron chi connectivity index (χ4n) is 4.00. The summed E-state index contributed by atoms with van der Waals surface area (Å²) in [6.07, 6.45) is 0. The second kappa shape index (κ2) is 9.23. The number of aromatic carboxylic acids is 2. The Hall–Kier alpha value is -4.99. The Balaban J connectivity index is 1.44. The van der Waals surface area contributed by atoms with Gasteiger partial charge in [0.1, 0.15) is 41.8 Å². The SMILES string of the molecule is Cc1cc2c(cc1OCc1ccc(C(=O)O)o1)c(=O)oc1c(C)c(OCc3ccc(C(=O)O)o3)ccc12. The van der Waals surface area contributed by atoms with Crippen LogP contribution < -0.4 is 15.1 Å². The van der Waals surface area contributed by atoms with Crippen LogP contribution in [0.1, 0.15) is 43.8 Å². The lowest BCUT2D eigenvalue weighted by Gasteiger charge is -2.13. The van der Waals surface area contributed by atoms with Gasteiger partial charge in [-0.2, -0.15) is 0 Å². The molecule has 0 radical (unpaired) electrons. The minimum atomic E-state index is -1.17. The number of hydrogen-bond donors (Lipinski definition) is 2. The van der Waals surface area contributed by atoms with Crippen molar-refractivity contribution >= 4 is 33.7 Å². The maximum atomic E-state index is 12.9. The quantitative estimate of drug-likeness (QED) is 0.210. The number of furan rings is 2. The minimum absolute atomic E-state index is 0.000867. The Kier molecular flexibility index (Phi) is 5.92. The van der Waals surface area contributed by atoms with Crippen molar-refractivity contribution in [2.45, 2.75) is 27.1 Å². The zero-order valence-corrected chi connectivity index (χ0v) is 19.7. The molecule has 0 atom stereocenters. The number of hydrogen-bond acceptors (Lipinski definition) is 8. The summed E-state index contributed by atoms with van der Waals surface area (Å²) in [6, 6.07) is 12.7. The molecular weight excluding hydrogens is 484 g/mol. The van der Waals surface area contributed by atoms with Gasteiger partial charge in [-0.25, -0.2) is 14.4 Å². The van der Waals surface area contributed by atoms with Gasteiger partial charge in [-0.05, 0) is 67.9 Å². The van der Waals surface area contributed by atoms with Crippen molar-refractivity contribution in [1.29, 1.82) is 0 Å². The normalized spacial score (nSPS) is 11.2. The first-order valence-corrected chi connectivity index (χ1v) is 11.1. The number of aryl methyl sites for hydroxylation is 2. The second-order valence-corrected chi connectivity index (χ2v) is 8.34. The highest BCUT2D eigenvalue weighted by Gasteiger charge is 2.17. The van der Waals surface area contributed by atoms with Gasteiger partial charge < -0.3 is 32.9 Å². The lowest BCUT2D eigenvalue weighted by atomic mass is 10.0. The molecule has 0 saturated carbocycles. The molecule has 0 spiro atoms. The van der Waals surface area contributed by atoms with Crippen LogP contribution in [0.4, 0.5) is 0 Å². The van der Waals surface area contributed by atoms with Gasteiger partial charge in [0.05, 0.1) is 5.39 Å². The van der Waals surface area contributed by atoms with E-state index in [9.17, 15) is 14.4 Å². The van der Waals surface area contributed by atoms with Crippen LogP contribution in [0.3, 0.4) is 0 Å². The molecule has 2 N–H and O–H groups in total. The zero-order valence-electron chi connectivity index (χ0n) is 19.7. The summed E-state index contributed by atoms with van der Waals surface area (Å²) in [5, 5.41) is 19.7. The van der Waals surface area contributed by atoms with Gasteiger partial charge in [0.2, 0.25) is 11.5 Å². The topological polar surface area (TPSA) is 150 Å². The molecule has 0 saturated heterocycles. The van der Waals surface area contributed by atoms with Crippen molar-refractivity contribution < 1.29 is 42.5 Å². The highest BCUT2D eigenvalue weighted by Crippen LogP contribution is 2.34. The first-order valence-electron chi connectivity index (χ1n) is 11.1. The van der Waals surface area contributed by atoms with Crippen molar-refractivity contribution in [2.24, 2.45) is 0 Å². The van der Waals surface area contributed by atoms with Gasteiger partial charge in [0, 0.05) is 16.3 Å². The number of rotatable bonds is 8. The molecule has 0 amide bonds. The molecule has 188 valence electrons. The smallest absolute Gasteiger partial charge is 0.371 e. The minimum Gasteiger partial charge on any atom is -0.485 e. The van der Waals surface area contributed by atoms with Gasteiger partial charge in [0.25, 0.3) is 0 Å². The average molecular weight is 504 g/mol. The van der Waals surface area contributed by atoms with E-state index in [1.807, 2.05) is 13.0 Å². The molecule has 2 aromatic carbocycles. The van der Waals surface area contributed by atoms with Crippen molar-refractivity contribution in [3.8, 4) is 11.5 Å². The van der Waals surface area contributed by atoms with E-state index in [1.165, 1.54) is 24.3 Å². The Labute approximate surface area is 208 Å². The molecule has 37 heavy (non-hydrogen) atoms. The third-order valence-electron chi connectivity index (χ3n) is 5.86. The molecule has 0 bridgehead atoms. The fraction of sp³-hybridized carbons (Fsp3) is 0.148. The molecular formula is C27H20O10. The van der Waals surface area contributed by atoms with Gasteiger partial charge in [-0.15, -0.1) is 0 Å². The van der Waals surface area contributed by atoms with E-state index in [-0.39, 0.29) is 24.7 Å². The summed E-state index contributed by atoms with van der Waals surface area (Å²) in [5.74, 6) is -1.14. The monoisotopic (exact) mass is 504 g/mol. The van der Waals surface area contributed by atoms with Crippen molar-refractivity contribution in [3.63, 3.8) is 0 Å². The molecule has 0 unspecified atom stereocenters. The van der Waals surface area contributed by atoms with E-state index in [4.69, 9.17) is 32.9 Å². The molecule has 10 nitrogen and oxygen atoms in total. The Morgan fingerprint density at radius 3 is 1.89 bits per heavy atom. The summed E-state index contributed by atoms with van der Waals surface area (Å²) in [4.78, 5) is 34.9. The summed E-state index contributed by atoms with van der Waals surface area (Å²) in [6.45, 7) is 3.58. The summed E-state index contributed by atoms with van der Waals surface area (Å²) < 4.78 is 27.7. The Morgan fingerprint density at radius 1 is 0.730 bits per heavy atom. The number of carbonyl (C=O) groups is 2. The lowest BCUT2D eigenvalue weighted by Crippen LogP contribution is -2.04. The molecule has 0 fully saturated rings. The van der Waals surface area contributed by atoms with Crippen molar-refractivity contribution in [1.82, 2.24) is 0 Å². The predicted octanol–water partition coefficient (Wildman–Crippen LogP) is 5.30. The first kappa shape index (κ1) is 23.7. The number of carboxylic acids is 2. The summed E-state index contributed by atoms with van der Waals surface area (Å²) in [5.41, 5.74) is 1.17. The molecule has 0 aliphatic heterocycles. The molecule has 5 rings (SSSR count). The highest BCUT2D eigenvalue weighted by atomic mass is 16.5. The van der Waals surface area contributed by atoms with Crippen LogP contribution >= 0.6 is 0 Å². The molecule has 10 heteroatoms. The molecule has 0 aliphatic rings. The standard InChI is InChI=1S/C27H20O10/c1-13-9-18-17-5-8-20(33-11-15-3-6-21(35-15)25(28)29)14(2)24(17)37-27(32)19(18)10-23(13)34-12-16-4-7-22(36-16)26(30)31/h3-10H,11-12H2,1-2H3,(H,28,29)(H,30,31). The third kappa shape index (κ3) is 4.52. The number of ether oxygens (including phenoxy) is 2. The van der Waals surface area contributed by atoms with E-state index in [2.05, 4.69) is 0 Å². The van der Waals surface area contributed by atoms with E-state index in [0.717, 1.165) is 5.56 Å². The van der Waals surface area contributed by atoms with E-state index in [1.54, 1.807) is 25.1 Å². The van der Waals surface area contributed by atoms with E-state index in [0.29, 0.717) is 50.3 Å². The Morgan fingerprint density at radius 2 is 1.32 bits per heavy atom. The van der Waals surface area contributed by atoms with E-state index < -0.39 is 17.6 Å². The fourth-order valence-corrected chi connectivity index (χ4v) is 4.00. The van der Waals surface area contributed by atoms with Crippen LogP contribution in [0.2, 0.25) is 0 Å². The van der Waals surface area contributed by atoms with Crippen LogP contribution in [0.15, 0.2) is 66.6 Å². The van der Waals surface area contributed by atoms with Crippen LogP contribution in [0.25, 0.3) is 21.7 Å². The van der Waals surface area contributed by atoms with Gasteiger partial charge in [-0.1, -0.05) is 0 Å². The first-order chi connectivity index (χ1) is 17.7.